The summed E-state index contributed by atoms with van der Waals surface area (Å²) in [5.74, 6) is -0.859. The van der Waals surface area contributed by atoms with E-state index in [1.807, 2.05) is 0 Å². The van der Waals surface area contributed by atoms with Crippen LogP contribution in [0.1, 0.15) is 31.9 Å². The Hall–Kier alpha value is -1.56. The van der Waals surface area contributed by atoms with Gasteiger partial charge in [0.1, 0.15) is 6.04 Å². The van der Waals surface area contributed by atoms with Crippen LogP contribution in [0.15, 0.2) is 30.3 Å². The number of ether oxygens (including phenoxy) is 1. The number of nitrogens with one attached hydrogen (secondary N) is 1. The molecule has 1 unspecified atom stereocenters. The molecular formula is C14H18F3NO2. The van der Waals surface area contributed by atoms with Crippen molar-refractivity contribution >= 4 is 5.97 Å². The molecule has 0 aromatic heterocycles. The van der Waals surface area contributed by atoms with E-state index >= 15 is 0 Å². The van der Waals surface area contributed by atoms with Gasteiger partial charge in [-0.25, -0.2) is 0 Å². The first kappa shape index (κ1) is 16.5. The lowest BCUT2D eigenvalue weighted by Crippen LogP contribution is -2.45. The monoisotopic (exact) mass is 289 g/mol. The Balaban J connectivity index is 2.73. The predicted molar refractivity (Wildman–Crippen MR) is 69.1 cm³/mol. The van der Waals surface area contributed by atoms with Crippen molar-refractivity contribution in [1.82, 2.24) is 5.32 Å². The van der Waals surface area contributed by atoms with Crippen LogP contribution in [0.25, 0.3) is 0 Å². The average Bonchev–Trinajstić information content (AvgIpc) is 2.38. The highest BCUT2D eigenvalue weighted by atomic mass is 19.4. The second-order valence-corrected chi connectivity index (χ2v) is 4.40. The van der Waals surface area contributed by atoms with E-state index in [2.05, 4.69) is 10.1 Å². The molecule has 0 saturated heterocycles. The first-order valence-corrected chi connectivity index (χ1v) is 6.38. The third-order valence-electron chi connectivity index (χ3n) is 2.82. The molecule has 0 aliphatic rings. The SMILES string of the molecule is CCOC(=O)CC(N[C@H](C)c1ccccc1)C(F)(F)F. The minimum atomic E-state index is -4.50. The molecule has 0 amide bonds. The lowest BCUT2D eigenvalue weighted by Gasteiger charge is -2.25. The summed E-state index contributed by atoms with van der Waals surface area (Å²) in [6.07, 6.45) is -5.23. The Morgan fingerprint density at radius 3 is 2.40 bits per heavy atom. The number of benzene rings is 1. The van der Waals surface area contributed by atoms with Gasteiger partial charge in [-0.15, -0.1) is 0 Å². The molecule has 0 saturated carbocycles. The van der Waals surface area contributed by atoms with Gasteiger partial charge in [0.05, 0.1) is 13.0 Å². The molecule has 112 valence electrons. The topological polar surface area (TPSA) is 38.3 Å². The fourth-order valence-corrected chi connectivity index (χ4v) is 1.80. The van der Waals surface area contributed by atoms with E-state index in [0.717, 1.165) is 5.56 Å². The summed E-state index contributed by atoms with van der Waals surface area (Å²) in [6, 6.07) is 6.32. The number of halogens is 3. The normalized spacial score (nSPS) is 14.7. The molecule has 1 aromatic carbocycles. The Morgan fingerprint density at radius 1 is 1.30 bits per heavy atom. The fourth-order valence-electron chi connectivity index (χ4n) is 1.80. The molecule has 6 heteroatoms. The molecule has 0 aliphatic carbocycles. The molecule has 3 nitrogen and oxygen atoms in total. The minimum Gasteiger partial charge on any atom is -0.466 e. The number of hydrogen-bond acceptors (Lipinski definition) is 3. The van der Waals surface area contributed by atoms with E-state index < -0.39 is 30.7 Å². The van der Waals surface area contributed by atoms with Crippen molar-refractivity contribution in [1.29, 1.82) is 0 Å². The van der Waals surface area contributed by atoms with E-state index in [1.165, 1.54) is 0 Å². The molecule has 1 aromatic rings. The summed E-state index contributed by atoms with van der Waals surface area (Å²) in [6.45, 7) is 3.25. The smallest absolute Gasteiger partial charge is 0.404 e. The number of carbonyl (C=O) groups is 1. The molecule has 0 fully saturated rings. The van der Waals surface area contributed by atoms with Crippen molar-refractivity contribution in [3.05, 3.63) is 35.9 Å². The zero-order chi connectivity index (χ0) is 15.2. The van der Waals surface area contributed by atoms with Crippen LogP contribution in [-0.2, 0) is 9.53 Å². The predicted octanol–water partition coefficient (Wildman–Crippen LogP) is 3.22. The van der Waals surface area contributed by atoms with E-state index in [1.54, 1.807) is 44.2 Å². The van der Waals surface area contributed by atoms with Gasteiger partial charge in [-0.05, 0) is 19.4 Å². The van der Waals surface area contributed by atoms with Crippen molar-refractivity contribution in [2.75, 3.05) is 6.61 Å². The summed E-state index contributed by atoms with van der Waals surface area (Å²) in [5, 5.41) is 2.44. The Bertz CT molecular complexity index is 420. The molecule has 0 aliphatic heterocycles. The largest absolute Gasteiger partial charge is 0.466 e. The summed E-state index contributed by atoms with van der Waals surface area (Å²) in [5.41, 5.74) is 0.727. The van der Waals surface area contributed by atoms with Crippen LogP contribution in [0.3, 0.4) is 0 Å². The summed E-state index contributed by atoms with van der Waals surface area (Å²) >= 11 is 0. The van der Waals surface area contributed by atoms with Crippen LogP contribution < -0.4 is 5.32 Å². The number of hydrogen-bond donors (Lipinski definition) is 1. The molecule has 1 N–H and O–H groups in total. The number of rotatable bonds is 6. The van der Waals surface area contributed by atoms with Crippen LogP contribution in [0.2, 0.25) is 0 Å². The van der Waals surface area contributed by atoms with Crippen molar-refractivity contribution in [2.45, 2.75) is 38.5 Å². The lowest BCUT2D eigenvalue weighted by molar-refractivity contribution is -0.170. The average molecular weight is 289 g/mol. The molecule has 20 heavy (non-hydrogen) atoms. The van der Waals surface area contributed by atoms with Crippen LogP contribution in [-0.4, -0.2) is 24.8 Å². The third-order valence-corrected chi connectivity index (χ3v) is 2.82. The van der Waals surface area contributed by atoms with Gasteiger partial charge >= 0.3 is 12.1 Å². The van der Waals surface area contributed by atoms with Gasteiger partial charge in [-0.2, -0.15) is 13.2 Å². The number of esters is 1. The molecule has 1 rings (SSSR count). The van der Waals surface area contributed by atoms with Gasteiger partial charge in [0.25, 0.3) is 0 Å². The molecule has 0 bridgehead atoms. The van der Waals surface area contributed by atoms with Crippen molar-refractivity contribution in [3.8, 4) is 0 Å². The number of carbonyl (C=O) groups excluding carboxylic acids is 1. The molecular weight excluding hydrogens is 271 g/mol. The van der Waals surface area contributed by atoms with Crippen LogP contribution in [0, 0.1) is 0 Å². The van der Waals surface area contributed by atoms with E-state index in [9.17, 15) is 18.0 Å². The van der Waals surface area contributed by atoms with Gasteiger partial charge in [-0.3, -0.25) is 10.1 Å². The Kier molecular flexibility index (Phi) is 6.01. The molecule has 0 spiro atoms. The van der Waals surface area contributed by atoms with Crippen molar-refractivity contribution < 1.29 is 22.7 Å². The van der Waals surface area contributed by atoms with E-state index in [4.69, 9.17) is 0 Å². The molecule has 0 heterocycles. The van der Waals surface area contributed by atoms with Gasteiger partial charge < -0.3 is 4.74 Å². The summed E-state index contributed by atoms with van der Waals surface area (Å²) in [4.78, 5) is 11.3. The maximum atomic E-state index is 12.9. The lowest BCUT2D eigenvalue weighted by atomic mass is 10.1. The zero-order valence-electron chi connectivity index (χ0n) is 11.4. The first-order chi connectivity index (χ1) is 9.34. The van der Waals surface area contributed by atoms with Gasteiger partial charge in [-0.1, -0.05) is 30.3 Å². The van der Waals surface area contributed by atoms with E-state index in [0.29, 0.717) is 0 Å². The first-order valence-electron chi connectivity index (χ1n) is 6.38. The third kappa shape index (κ3) is 5.21. The quantitative estimate of drug-likeness (QED) is 0.817. The summed E-state index contributed by atoms with van der Waals surface area (Å²) < 4.78 is 43.4. The van der Waals surface area contributed by atoms with Crippen molar-refractivity contribution in [2.24, 2.45) is 0 Å². The molecule has 0 radical (unpaired) electrons. The number of alkyl halides is 3. The molecule has 2 atom stereocenters. The zero-order valence-corrected chi connectivity index (χ0v) is 11.4. The van der Waals surface area contributed by atoms with Crippen molar-refractivity contribution in [3.63, 3.8) is 0 Å². The van der Waals surface area contributed by atoms with Crippen LogP contribution in [0.4, 0.5) is 13.2 Å². The summed E-state index contributed by atoms with van der Waals surface area (Å²) in [7, 11) is 0. The maximum Gasteiger partial charge on any atom is 0.404 e. The fraction of sp³-hybridized carbons (Fsp3) is 0.500. The Labute approximate surface area is 116 Å². The highest BCUT2D eigenvalue weighted by molar-refractivity contribution is 5.70. The van der Waals surface area contributed by atoms with Gasteiger partial charge in [0.15, 0.2) is 0 Å². The second-order valence-electron chi connectivity index (χ2n) is 4.40. The van der Waals surface area contributed by atoms with Crippen LogP contribution >= 0.6 is 0 Å². The van der Waals surface area contributed by atoms with Crippen LogP contribution in [0.5, 0.6) is 0 Å². The standard InChI is InChI=1S/C14H18F3NO2/c1-3-20-13(19)9-12(14(15,16)17)18-10(2)11-7-5-4-6-8-11/h4-8,10,12,18H,3,9H2,1-2H3/t10-,12?/m1/s1. The van der Waals surface area contributed by atoms with Gasteiger partial charge in [0, 0.05) is 6.04 Å². The Morgan fingerprint density at radius 2 is 1.90 bits per heavy atom. The maximum absolute atomic E-state index is 12.9. The highest BCUT2D eigenvalue weighted by Crippen LogP contribution is 2.25. The second kappa shape index (κ2) is 7.28. The van der Waals surface area contributed by atoms with Gasteiger partial charge in [0.2, 0.25) is 0 Å². The minimum absolute atomic E-state index is 0.0671. The highest BCUT2D eigenvalue weighted by Gasteiger charge is 2.41. The van der Waals surface area contributed by atoms with E-state index in [-0.39, 0.29) is 6.61 Å².